The Labute approximate surface area is 179 Å². The summed E-state index contributed by atoms with van der Waals surface area (Å²) in [6.45, 7) is 8.72. The van der Waals surface area contributed by atoms with Crippen LogP contribution in [0.15, 0.2) is 110 Å². The molecule has 0 amide bonds. The molecule has 0 heterocycles. The molecular weight excluding hydrogens is 364 g/mol. The predicted molar refractivity (Wildman–Crippen MR) is 129 cm³/mol. The normalized spacial score (nSPS) is 13.8. The average molecular weight is 391 g/mol. The largest absolute Gasteiger partial charge is 0.382 e. The Bertz CT molecular complexity index is 1180. The van der Waals surface area contributed by atoms with Crippen molar-refractivity contribution in [1.29, 1.82) is 0 Å². The van der Waals surface area contributed by atoms with E-state index in [0.29, 0.717) is 0 Å². The number of benzene rings is 3. The van der Waals surface area contributed by atoms with Gasteiger partial charge in [0.25, 0.3) is 0 Å². The van der Waals surface area contributed by atoms with Gasteiger partial charge in [0, 0.05) is 32.2 Å². The summed E-state index contributed by atoms with van der Waals surface area (Å²) in [6, 6.07) is 25.6. The van der Waals surface area contributed by atoms with Crippen LogP contribution >= 0.6 is 0 Å². The molecule has 2 heteroatoms. The summed E-state index contributed by atoms with van der Waals surface area (Å²) in [5.41, 5.74) is 10.0. The summed E-state index contributed by atoms with van der Waals surface area (Å²) < 4.78 is 0. The molecule has 1 aliphatic carbocycles. The van der Waals surface area contributed by atoms with Gasteiger partial charge in [0.1, 0.15) is 0 Å². The fourth-order valence-corrected chi connectivity index (χ4v) is 3.87. The molecule has 3 aromatic carbocycles. The predicted octanol–water partition coefficient (Wildman–Crippen LogP) is 6.57. The molecule has 3 aromatic rings. The highest BCUT2D eigenvalue weighted by atomic mass is 15.0. The smallest absolute Gasteiger partial charge is 0.0313 e. The van der Waals surface area contributed by atoms with E-state index in [2.05, 4.69) is 97.3 Å². The summed E-state index contributed by atoms with van der Waals surface area (Å²) in [5, 5.41) is 3.26. The van der Waals surface area contributed by atoms with Crippen LogP contribution in [0.1, 0.15) is 11.1 Å². The second-order valence-corrected chi connectivity index (χ2v) is 7.62. The second-order valence-electron chi connectivity index (χ2n) is 7.62. The lowest BCUT2D eigenvalue weighted by molar-refractivity contribution is 0.560. The standard InChI is InChI=1S/C28H26N2/c1-20(29-17-18-30(3)4)19-28-21(2)22-11-5-6-12-23(22)24-13-7-8-14-25(24)26-15-9-10-16-27(26)28/h5-19,29H,1-2H2,3-4H3/b18-17-,28-19+. The van der Waals surface area contributed by atoms with Gasteiger partial charge in [-0.15, -0.1) is 0 Å². The van der Waals surface area contributed by atoms with Gasteiger partial charge in [-0.25, -0.2) is 0 Å². The number of rotatable bonds is 4. The minimum atomic E-state index is 0.811. The maximum absolute atomic E-state index is 4.51. The third-order valence-corrected chi connectivity index (χ3v) is 5.26. The first-order valence-electron chi connectivity index (χ1n) is 10.0. The van der Waals surface area contributed by atoms with Crippen molar-refractivity contribution >= 4 is 11.1 Å². The summed E-state index contributed by atoms with van der Waals surface area (Å²) in [6.07, 6.45) is 5.93. The number of hydrogen-bond acceptors (Lipinski definition) is 2. The van der Waals surface area contributed by atoms with Gasteiger partial charge in [0.2, 0.25) is 0 Å². The van der Waals surface area contributed by atoms with Crippen LogP contribution in [-0.4, -0.2) is 19.0 Å². The van der Waals surface area contributed by atoms with Gasteiger partial charge in [-0.1, -0.05) is 86.0 Å². The van der Waals surface area contributed by atoms with Crippen LogP contribution in [0.2, 0.25) is 0 Å². The molecular formula is C28H26N2. The number of nitrogens with one attached hydrogen (secondary N) is 1. The van der Waals surface area contributed by atoms with Crippen molar-refractivity contribution in [3.05, 3.63) is 121 Å². The lowest BCUT2D eigenvalue weighted by Crippen LogP contribution is -2.07. The Balaban J connectivity index is 1.93. The minimum Gasteiger partial charge on any atom is -0.382 e. The molecule has 0 spiro atoms. The molecule has 0 aliphatic heterocycles. The molecule has 0 aromatic heterocycles. The van der Waals surface area contributed by atoms with Crippen molar-refractivity contribution in [2.24, 2.45) is 0 Å². The molecule has 30 heavy (non-hydrogen) atoms. The Morgan fingerprint density at radius 2 is 1.17 bits per heavy atom. The molecule has 0 bridgehead atoms. The van der Waals surface area contributed by atoms with Crippen LogP contribution in [0, 0.1) is 0 Å². The highest BCUT2D eigenvalue weighted by Gasteiger charge is 2.22. The van der Waals surface area contributed by atoms with E-state index in [1.807, 2.05) is 31.4 Å². The third-order valence-electron chi connectivity index (χ3n) is 5.26. The van der Waals surface area contributed by atoms with Crippen LogP contribution in [0.5, 0.6) is 0 Å². The third kappa shape index (κ3) is 3.72. The first kappa shape index (κ1) is 19.5. The molecule has 0 saturated heterocycles. The molecule has 0 saturated carbocycles. The fourth-order valence-electron chi connectivity index (χ4n) is 3.87. The number of allylic oxidation sites excluding steroid dienone is 3. The molecule has 0 radical (unpaired) electrons. The first-order chi connectivity index (χ1) is 14.6. The van der Waals surface area contributed by atoms with Crippen molar-refractivity contribution in [2.45, 2.75) is 0 Å². The number of nitrogens with zero attached hydrogens (tertiary/aromatic N) is 1. The van der Waals surface area contributed by atoms with E-state index in [-0.39, 0.29) is 0 Å². The molecule has 1 aliphatic rings. The Morgan fingerprint density at radius 1 is 0.733 bits per heavy atom. The van der Waals surface area contributed by atoms with Gasteiger partial charge in [-0.2, -0.15) is 0 Å². The van der Waals surface area contributed by atoms with E-state index in [4.69, 9.17) is 0 Å². The lowest BCUT2D eigenvalue weighted by Gasteiger charge is -2.24. The first-order valence-corrected chi connectivity index (χ1v) is 10.0. The van der Waals surface area contributed by atoms with E-state index >= 15 is 0 Å². The van der Waals surface area contributed by atoms with E-state index < -0.39 is 0 Å². The van der Waals surface area contributed by atoms with Crippen molar-refractivity contribution in [1.82, 2.24) is 10.2 Å². The molecule has 0 atom stereocenters. The molecule has 1 N–H and O–H groups in total. The van der Waals surface area contributed by atoms with Crippen LogP contribution < -0.4 is 5.32 Å². The van der Waals surface area contributed by atoms with Gasteiger partial charge in [-0.3, -0.25) is 0 Å². The molecule has 0 fully saturated rings. The maximum Gasteiger partial charge on any atom is 0.0313 e. The Hall–Kier alpha value is -3.78. The van der Waals surface area contributed by atoms with E-state index in [9.17, 15) is 0 Å². The van der Waals surface area contributed by atoms with Crippen LogP contribution in [0.3, 0.4) is 0 Å². The zero-order chi connectivity index (χ0) is 21.1. The summed E-state index contributed by atoms with van der Waals surface area (Å²) >= 11 is 0. The zero-order valence-corrected chi connectivity index (χ0v) is 17.5. The molecule has 4 rings (SSSR count). The Morgan fingerprint density at radius 3 is 1.70 bits per heavy atom. The second kappa shape index (κ2) is 8.30. The van der Waals surface area contributed by atoms with Crippen molar-refractivity contribution in [2.75, 3.05) is 14.1 Å². The van der Waals surface area contributed by atoms with Crippen molar-refractivity contribution < 1.29 is 0 Å². The van der Waals surface area contributed by atoms with Gasteiger partial charge < -0.3 is 10.2 Å². The van der Waals surface area contributed by atoms with E-state index in [1.165, 1.54) is 22.3 Å². The minimum absolute atomic E-state index is 0.811. The van der Waals surface area contributed by atoms with E-state index in [0.717, 1.165) is 28.0 Å². The average Bonchev–Trinajstić information content (AvgIpc) is 2.76. The topological polar surface area (TPSA) is 15.3 Å². The maximum atomic E-state index is 4.51. The van der Waals surface area contributed by atoms with Gasteiger partial charge in [0.15, 0.2) is 0 Å². The van der Waals surface area contributed by atoms with Crippen LogP contribution in [-0.2, 0) is 0 Å². The van der Waals surface area contributed by atoms with Crippen molar-refractivity contribution in [3.63, 3.8) is 0 Å². The Kier molecular flexibility index (Phi) is 5.40. The molecule has 2 nitrogen and oxygen atoms in total. The molecule has 148 valence electrons. The molecule has 0 unspecified atom stereocenters. The van der Waals surface area contributed by atoms with Gasteiger partial charge in [0.05, 0.1) is 0 Å². The quantitative estimate of drug-likeness (QED) is 0.542. The van der Waals surface area contributed by atoms with Gasteiger partial charge >= 0.3 is 0 Å². The summed E-state index contributed by atoms with van der Waals surface area (Å²) in [5.74, 6) is 0. The van der Waals surface area contributed by atoms with Gasteiger partial charge in [-0.05, 0) is 50.6 Å². The number of hydrogen-bond donors (Lipinski definition) is 1. The highest BCUT2D eigenvalue weighted by Crippen LogP contribution is 2.45. The van der Waals surface area contributed by atoms with Crippen LogP contribution in [0.4, 0.5) is 0 Å². The van der Waals surface area contributed by atoms with Crippen molar-refractivity contribution in [3.8, 4) is 22.3 Å². The fraction of sp³-hybridized carbons (Fsp3) is 0.0714. The lowest BCUT2D eigenvalue weighted by atomic mass is 9.80. The summed E-state index contributed by atoms with van der Waals surface area (Å²) in [4.78, 5) is 1.98. The highest BCUT2D eigenvalue weighted by molar-refractivity contribution is 6.12. The summed E-state index contributed by atoms with van der Waals surface area (Å²) in [7, 11) is 3.97. The van der Waals surface area contributed by atoms with Crippen LogP contribution in [0.25, 0.3) is 33.4 Å². The number of fused-ring (bicyclic) bond motifs is 5. The monoisotopic (exact) mass is 390 g/mol. The SMILES string of the molecule is C=C(/C=C1\C(=C)c2ccccc2-c2ccccc2-c2ccccc21)N/C=C\N(C)C. The zero-order valence-electron chi connectivity index (χ0n) is 17.5. The van der Waals surface area contributed by atoms with E-state index in [1.54, 1.807) is 0 Å².